The van der Waals surface area contributed by atoms with Crippen LogP contribution in [0.5, 0.6) is 5.75 Å². The summed E-state index contributed by atoms with van der Waals surface area (Å²) in [6.45, 7) is 0.0228. The van der Waals surface area contributed by atoms with Gasteiger partial charge in [0.2, 0.25) is 0 Å². The number of carbonyl (C=O) groups excluding carboxylic acids is 1. The Bertz CT molecular complexity index is 1800. The smallest absolute Gasteiger partial charge is 0.405 e. The van der Waals surface area contributed by atoms with E-state index >= 15 is 0 Å². The molecule has 38 heavy (non-hydrogen) atoms. The van der Waals surface area contributed by atoms with Crippen LogP contribution in [0.15, 0.2) is 54.6 Å². The maximum Gasteiger partial charge on any atom is 0.573 e. The molecule has 1 amide bonds. The van der Waals surface area contributed by atoms with Gasteiger partial charge >= 0.3 is 6.36 Å². The van der Waals surface area contributed by atoms with Crippen LogP contribution in [0.2, 0.25) is 0 Å². The zero-order valence-electron chi connectivity index (χ0n) is 23.1. The molecule has 0 saturated heterocycles. The summed E-state index contributed by atoms with van der Waals surface area (Å²) in [6, 6.07) is 11.0. The second-order valence-corrected chi connectivity index (χ2v) is 13.0. The number of hydrogen-bond donors (Lipinski definition) is 0. The van der Waals surface area contributed by atoms with E-state index in [1.807, 2.05) is 0 Å². The summed E-state index contributed by atoms with van der Waals surface area (Å²) in [5, 5.41) is 0.112. The Morgan fingerprint density at radius 2 is 1.82 bits per heavy atom. The molecular formula is C27H22F4N3O3P. The number of nitrogens with zero attached hydrogens (tertiary/aromatic N) is 3. The van der Waals surface area contributed by atoms with Crippen molar-refractivity contribution in [1.29, 1.82) is 0 Å². The average molecular weight is 546 g/mol. The Balaban J connectivity index is 1.58. The van der Waals surface area contributed by atoms with Crippen LogP contribution in [0, 0.1) is 5.82 Å². The lowest BCUT2D eigenvalue weighted by molar-refractivity contribution is -0.275. The highest BCUT2D eigenvalue weighted by atomic mass is 31.2. The SMILES string of the molecule is [2H]C([2H])([2H])N1C(=O)c2cccc(OC(F)(F)F)c2[C@H]2C[C@@H]1c1nc3ccc(-c4ccc(P(C)(C)=O)c(F)c4)cc3n12. The van der Waals surface area contributed by atoms with E-state index in [-0.39, 0.29) is 28.7 Å². The van der Waals surface area contributed by atoms with Crippen molar-refractivity contribution < 1.29 is 35.8 Å². The normalized spacial score (nSPS) is 20.4. The van der Waals surface area contributed by atoms with Crippen molar-refractivity contribution in [2.24, 2.45) is 0 Å². The third-order valence-electron chi connectivity index (χ3n) is 7.02. The highest BCUT2D eigenvalue weighted by molar-refractivity contribution is 7.70. The van der Waals surface area contributed by atoms with Gasteiger partial charge in [0, 0.05) is 33.9 Å². The van der Waals surface area contributed by atoms with E-state index in [0.29, 0.717) is 27.1 Å². The third kappa shape index (κ3) is 3.81. The molecular weight excluding hydrogens is 521 g/mol. The number of amides is 1. The van der Waals surface area contributed by atoms with Crippen LogP contribution < -0.4 is 10.0 Å². The molecule has 4 aromatic rings. The first-order valence-corrected chi connectivity index (χ1v) is 14.2. The second-order valence-electron chi connectivity index (χ2n) is 9.77. The Kier molecular flexibility index (Phi) is 4.58. The Morgan fingerprint density at radius 3 is 2.50 bits per heavy atom. The molecule has 1 aromatic heterocycles. The van der Waals surface area contributed by atoms with Crippen molar-refractivity contribution in [3.05, 3.63) is 77.4 Å². The number of ether oxygens (including phenoxy) is 1. The first-order chi connectivity index (χ1) is 19.0. The van der Waals surface area contributed by atoms with Crippen molar-refractivity contribution in [3.63, 3.8) is 0 Å². The standard InChI is InChI=1S/C27H22F4N3O3P/c1-33-21-13-20(24-16(26(33)35)5-4-6-22(24)37-27(29,30)31)34-19-12-15(7-9-18(19)32-25(21)34)14-8-10-23(17(28)11-14)38(2,3)36/h4-12,20-21H,13H2,1-3H3/t20-,21-/m1/s1/i1D3. The van der Waals surface area contributed by atoms with Gasteiger partial charge in [0.25, 0.3) is 5.91 Å². The number of aromatic nitrogens is 2. The first kappa shape index (κ1) is 21.3. The minimum atomic E-state index is -5.06. The van der Waals surface area contributed by atoms with Gasteiger partial charge in [-0.1, -0.05) is 18.2 Å². The average Bonchev–Trinajstić information content (AvgIpc) is 3.34. The Hall–Kier alpha value is -3.65. The highest BCUT2D eigenvalue weighted by Crippen LogP contribution is 2.50. The molecule has 0 N–H and O–H groups in total. The summed E-state index contributed by atoms with van der Waals surface area (Å²) in [7, 11) is -2.86. The molecule has 2 bridgehead atoms. The molecule has 196 valence electrons. The van der Waals surface area contributed by atoms with Crippen LogP contribution in [0.3, 0.4) is 0 Å². The number of rotatable bonds is 3. The number of benzene rings is 3. The predicted octanol–water partition coefficient (Wildman–Crippen LogP) is 6.11. The zero-order valence-corrected chi connectivity index (χ0v) is 21.0. The van der Waals surface area contributed by atoms with Crippen molar-refractivity contribution >= 4 is 29.4 Å². The second kappa shape index (κ2) is 8.17. The largest absolute Gasteiger partial charge is 0.573 e. The molecule has 2 atom stereocenters. The summed E-state index contributed by atoms with van der Waals surface area (Å²) < 4.78 is 97.7. The Morgan fingerprint density at radius 1 is 1.08 bits per heavy atom. The van der Waals surface area contributed by atoms with E-state index in [9.17, 15) is 26.9 Å². The molecule has 2 aliphatic rings. The number of carbonyl (C=O) groups is 1. The van der Waals surface area contributed by atoms with E-state index in [0.717, 1.165) is 6.07 Å². The van der Waals surface area contributed by atoms with Gasteiger partial charge in [-0.25, -0.2) is 9.37 Å². The summed E-state index contributed by atoms with van der Waals surface area (Å²) in [4.78, 5) is 18.8. The molecule has 0 saturated carbocycles. The number of imidazole rings is 1. The fraction of sp³-hybridized carbons (Fsp3) is 0.259. The van der Waals surface area contributed by atoms with Gasteiger partial charge in [-0.2, -0.15) is 0 Å². The maximum absolute atomic E-state index is 14.9. The summed E-state index contributed by atoms with van der Waals surface area (Å²) >= 11 is 0. The van der Waals surface area contributed by atoms with Crippen LogP contribution in [0.1, 0.15) is 44.4 Å². The van der Waals surface area contributed by atoms with Crippen molar-refractivity contribution in [1.82, 2.24) is 14.5 Å². The van der Waals surface area contributed by atoms with Crippen LogP contribution >= 0.6 is 7.14 Å². The highest BCUT2D eigenvalue weighted by Gasteiger charge is 2.46. The summed E-state index contributed by atoms with van der Waals surface area (Å²) in [5.74, 6) is -1.97. The van der Waals surface area contributed by atoms with Crippen molar-refractivity contribution in [3.8, 4) is 16.9 Å². The van der Waals surface area contributed by atoms with E-state index < -0.39 is 50.0 Å². The maximum atomic E-state index is 14.9. The predicted molar refractivity (Wildman–Crippen MR) is 135 cm³/mol. The van der Waals surface area contributed by atoms with Gasteiger partial charge in [0.1, 0.15) is 24.5 Å². The van der Waals surface area contributed by atoms with Gasteiger partial charge in [-0.15, -0.1) is 13.2 Å². The van der Waals surface area contributed by atoms with E-state index in [4.69, 9.17) is 4.11 Å². The van der Waals surface area contributed by atoms with Crippen molar-refractivity contribution in [2.75, 3.05) is 20.3 Å². The number of alkyl halides is 3. The van der Waals surface area contributed by atoms with Crippen molar-refractivity contribution in [2.45, 2.75) is 24.9 Å². The minimum absolute atomic E-state index is 0.0382. The molecule has 3 heterocycles. The molecule has 2 aliphatic heterocycles. The van der Waals surface area contributed by atoms with Gasteiger partial charge in [-0.3, -0.25) is 4.79 Å². The van der Waals surface area contributed by atoms with E-state index in [2.05, 4.69) is 9.72 Å². The van der Waals surface area contributed by atoms with Crippen LogP contribution in [0.4, 0.5) is 17.6 Å². The molecule has 0 fully saturated rings. The van der Waals surface area contributed by atoms with Crippen LogP contribution in [-0.4, -0.2) is 47.0 Å². The quantitative estimate of drug-likeness (QED) is 0.230. The monoisotopic (exact) mass is 546 g/mol. The molecule has 0 radical (unpaired) electrons. The lowest BCUT2D eigenvalue weighted by Gasteiger charge is -2.25. The van der Waals surface area contributed by atoms with E-state index in [1.165, 1.54) is 37.6 Å². The molecule has 3 aromatic carbocycles. The number of halogens is 4. The summed E-state index contributed by atoms with van der Waals surface area (Å²) in [5.41, 5.74) is 1.59. The van der Waals surface area contributed by atoms with E-state index in [1.54, 1.807) is 28.8 Å². The van der Waals surface area contributed by atoms with Gasteiger partial charge < -0.3 is 18.8 Å². The fourth-order valence-electron chi connectivity index (χ4n) is 5.43. The molecule has 6 nitrogen and oxygen atoms in total. The zero-order chi connectivity index (χ0) is 29.6. The number of hydrogen-bond acceptors (Lipinski definition) is 4. The van der Waals surface area contributed by atoms with Gasteiger partial charge in [0.15, 0.2) is 0 Å². The fourth-order valence-corrected chi connectivity index (χ4v) is 6.44. The molecule has 0 aliphatic carbocycles. The lowest BCUT2D eigenvalue weighted by atomic mass is 9.97. The molecule has 11 heteroatoms. The Labute approximate surface area is 219 Å². The topological polar surface area (TPSA) is 64.4 Å². The van der Waals surface area contributed by atoms with Crippen LogP contribution in [0.25, 0.3) is 22.2 Å². The summed E-state index contributed by atoms with van der Waals surface area (Å²) in [6.07, 6.45) is -5.10. The number of fused-ring (bicyclic) bond motifs is 9. The molecule has 0 unspecified atom stereocenters. The minimum Gasteiger partial charge on any atom is -0.405 e. The van der Waals surface area contributed by atoms with Gasteiger partial charge in [-0.05, 0) is 60.9 Å². The molecule has 0 spiro atoms. The van der Waals surface area contributed by atoms with Gasteiger partial charge in [0.05, 0.1) is 23.1 Å². The molecule has 6 rings (SSSR count). The van der Waals surface area contributed by atoms with Crippen LogP contribution in [-0.2, 0) is 4.57 Å². The lowest BCUT2D eigenvalue weighted by Crippen LogP contribution is -2.30. The first-order valence-electron chi connectivity index (χ1n) is 13.1. The third-order valence-corrected chi connectivity index (χ3v) is 8.54.